The van der Waals surface area contributed by atoms with E-state index in [1.807, 2.05) is 27.9 Å². The minimum absolute atomic E-state index is 0.0121. The quantitative estimate of drug-likeness (QED) is 0.660. The normalized spacial score (nSPS) is 9.74. The van der Waals surface area contributed by atoms with Gasteiger partial charge < -0.3 is 15.6 Å². The molecule has 1 aromatic rings. The summed E-state index contributed by atoms with van der Waals surface area (Å²) in [7, 11) is 0. The molecule has 0 aliphatic heterocycles. The first kappa shape index (κ1) is 15.2. The van der Waals surface area contributed by atoms with Crippen molar-refractivity contribution >= 4 is 40.5 Å². The van der Waals surface area contributed by atoms with E-state index in [1.165, 1.54) is 12.1 Å². The molecule has 19 heavy (non-hydrogen) atoms. The number of hydrogen-bond donors (Lipinski definition) is 3. The van der Waals surface area contributed by atoms with Crippen LogP contribution < -0.4 is 15.8 Å². The lowest BCUT2D eigenvalue weighted by molar-refractivity contribution is -0.120. The SMILES string of the molecule is NC(=O)NC(=O)CCOc1cc(C(=O)O)ccc1I. The van der Waals surface area contributed by atoms with E-state index in [-0.39, 0.29) is 18.6 Å². The topological polar surface area (TPSA) is 119 Å². The second-order valence-electron chi connectivity index (χ2n) is 3.46. The number of carboxylic acids is 1. The summed E-state index contributed by atoms with van der Waals surface area (Å²) < 4.78 is 6.02. The zero-order chi connectivity index (χ0) is 14.4. The maximum absolute atomic E-state index is 11.1. The van der Waals surface area contributed by atoms with Crippen LogP contribution in [0.4, 0.5) is 4.79 Å². The Hall–Kier alpha value is -1.84. The molecule has 3 amide bonds. The molecule has 1 aromatic carbocycles. The summed E-state index contributed by atoms with van der Waals surface area (Å²) in [4.78, 5) is 32.3. The van der Waals surface area contributed by atoms with Gasteiger partial charge in [-0.25, -0.2) is 9.59 Å². The van der Waals surface area contributed by atoms with E-state index in [0.717, 1.165) is 3.57 Å². The summed E-state index contributed by atoms with van der Waals surface area (Å²) in [6.45, 7) is 0.0121. The largest absolute Gasteiger partial charge is 0.492 e. The maximum atomic E-state index is 11.1. The molecule has 0 bridgehead atoms. The van der Waals surface area contributed by atoms with Gasteiger partial charge in [-0.3, -0.25) is 10.1 Å². The fourth-order valence-corrected chi connectivity index (χ4v) is 1.69. The molecule has 0 radical (unpaired) electrons. The fourth-order valence-electron chi connectivity index (χ4n) is 1.20. The molecule has 4 N–H and O–H groups in total. The Morgan fingerprint density at radius 2 is 2.05 bits per heavy atom. The maximum Gasteiger partial charge on any atom is 0.335 e. The standard InChI is InChI=1S/C11H11IN2O5/c12-7-2-1-6(10(16)17)5-8(7)19-4-3-9(15)14-11(13)18/h1-2,5H,3-4H2,(H,16,17)(H3,13,14,15,18). The summed E-state index contributed by atoms with van der Waals surface area (Å²) in [5.41, 5.74) is 4.87. The van der Waals surface area contributed by atoms with Gasteiger partial charge in [-0.2, -0.15) is 0 Å². The van der Waals surface area contributed by atoms with Crippen molar-refractivity contribution < 1.29 is 24.2 Å². The van der Waals surface area contributed by atoms with Crippen molar-refractivity contribution in [2.24, 2.45) is 5.73 Å². The van der Waals surface area contributed by atoms with Crippen LogP contribution in [0.5, 0.6) is 5.75 Å². The Morgan fingerprint density at radius 3 is 2.63 bits per heavy atom. The average Bonchev–Trinajstić information content (AvgIpc) is 2.30. The Kier molecular flexibility index (Phi) is 5.55. The van der Waals surface area contributed by atoms with Crippen LogP contribution >= 0.6 is 22.6 Å². The molecule has 0 aliphatic rings. The number of ether oxygens (including phenoxy) is 1. The van der Waals surface area contributed by atoms with Crippen LogP contribution in [0, 0.1) is 3.57 Å². The van der Waals surface area contributed by atoms with Crippen molar-refractivity contribution in [2.75, 3.05) is 6.61 Å². The summed E-state index contributed by atoms with van der Waals surface area (Å²) in [6, 6.07) is 3.50. The molecule has 1 rings (SSSR count). The molecule has 0 saturated carbocycles. The summed E-state index contributed by atoms with van der Waals surface area (Å²) in [5, 5.41) is 10.7. The first-order valence-corrected chi connectivity index (χ1v) is 6.23. The van der Waals surface area contributed by atoms with Crippen LogP contribution in [0.25, 0.3) is 0 Å². The molecule has 7 nitrogen and oxygen atoms in total. The van der Waals surface area contributed by atoms with Crippen LogP contribution in [-0.4, -0.2) is 29.6 Å². The lowest BCUT2D eigenvalue weighted by Gasteiger charge is -2.08. The van der Waals surface area contributed by atoms with E-state index in [2.05, 4.69) is 0 Å². The molecule has 0 aliphatic carbocycles. The van der Waals surface area contributed by atoms with Crippen LogP contribution in [0.15, 0.2) is 18.2 Å². The number of carbonyl (C=O) groups is 3. The van der Waals surface area contributed by atoms with Gasteiger partial charge in [0.05, 0.1) is 22.2 Å². The number of rotatable bonds is 5. The highest BCUT2D eigenvalue weighted by atomic mass is 127. The minimum atomic E-state index is -1.06. The lowest BCUT2D eigenvalue weighted by atomic mass is 10.2. The van der Waals surface area contributed by atoms with E-state index in [4.69, 9.17) is 15.6 Å². The monoisotopic (exact) mass is 378 g/mol. The Labute approximate surface area is 122 Å². The third kappa shape index (κ3) is 5.12. The number of aromatic carboxylic acids is 1. The molecule has 8 heteroatoms. The third-order valence-electron chi connectivity index (χ3n) is 2.03. The Balaban J connectivity index is 2.58. The highest BCUT2D eigenvalue weighted by Gasteiger charge is 2.09. The number of carboxylic acid groups (broad SMARTS) is 1. The van der Waals surface area contributed by atoms with Gasteiger partial charge in [0.1, 0.15) is 5.75 Å². The summed E-state index contributed by atoms with van der Waals surface area (Å²) in [5.74, 6) is -1.25. The van der Waals surface area contributed by atoms with Crippen molar-refractivity contribution in [2.45, 2.75) is 6.42 Å². The molecule has 0 aromatic heterocycles. The van der Waals surface area contributed by atoms with Gasteiger partial charge in [0.2, 0.25) is 5.91 Å². The van der Waals surface area contributed by atoms with Crippen LogP contribution in [0.2, 0.25) is 0 Å². The van der Waals surface area contributed by atoms with E-state index in [1.54, 1.807) is 6.07 Å². The van der Waals surface area contributed by atoms with Crippen molar-refractivity contribution in [3.63, 3.8) is 0 Å². The van der Waals surface area contributed by atoms with Crippen LogP contribution in [0.3, 0.4) is 0 Å². The van der Waals surface area contributed by atoms with E-state index < -0.39 is 17.9 Å². The Bertz CT molecular complexity index is 518. The molecule has 102 valence electrons. The van der Waals surface area contributed by atoms with Gasteiger partial charge in [-0.1, -0.05) is 0 Å². The Morgan fingerprint density at radius 1 is 1.37 bits per heavy atom. The zero-order valence-corrected chi connectivity index (χ0v) is 11.8. The molecule has 0 spiro atoms. The predicted octanol–water partition coefficient (Wildman–Crippen LogP) is 0.953. The number of carbonyl (C=O) groups excluding carboxylic acids is 2. The third-order valence-corrected chi connectivity index (χ3v) is 2.92. The smallest absolute Gasteiger partial charge is 0.335 e. The van der Waals surface area contributed by atoms with E-state index >= 15 is 0 Å². The number of urea groups is 1. The fraction of sp³-hybridized carbons (Fsp3) is 0.182. The van der Waals surface area contributed by atoms with Gasteiger partial charge >= 0.3 is 12.0 Å². The second kappa shape index (κ2) is 6.92. The minimum Gasteiger partial charge on any atom is -0.492 e. The van der Waals surface area contributed by atoms with Crippen LogP contribution in [0.1, 0.15) is 16.8 Å². The lowest BCUT2D eigenvalue weighted by Crippen LogP contribution is -2.35. The average molecular weight is 378 g/mol. The predicted molar refractivity (Wildman–Crippen MR) is 74.0 cm³/mol. The number of hydrogen-bond acceptors (Lipinski definition) is 4. The number of primary amides is 1. The van der Waals surface area contributed by atoms with Gasteiger partial charge in [-0.15, -0.1) is 0 Å². The van der Waals surface area contributed by atoms with Gasteiger partial charge in [0.25, 0.3) is 0 Å². The van der Waals surface area contributed by atoms with Gasteiger partial charge in [0.15, 0.2) is 0 Å². The van der Waals surface area contributed by atoms with Crippen molar-refractivity contribution in [1.29, 1.82) is 0 Å². The highest BCUT2D eigenvalue weighted by molar-refractivity contribution is 14.1. The molecular formula is C11H11IN2O5. The first-order valence-electron chi connectivity index (χ1n) is 5.15. The van der Waals surface area contributed by atoms with E-state index in [0.29, 0.717) is 5.75 Å². The van der Waals surface area contributed by atoms with Gasteiger partial charge in [-0.05, 0) is 40.8 Å². The highest BCUT2D eigenvalue weighted by Crippen LogP contribution is 2.22. The number of nitrogens with one attached hydrogen (secondary N) is 1. The molecule has 0 saturated heterocycles. The van der Waals surface area contributed by atoms with Crippen molar-refractivity contribution in [1.82, 2.24) is 5.32 Å². The number of imide groups is 1. The summed E-state index contributed by atoms with van der Waals surface area (Å²) in [6.07, 6.45) is -0.0592. The van der Waals surface area contributed by atoms with E-state index in [9.17, 15) is 14.4 Å². The number of amides is 3. The molecule has 0 fully saturated rings. The van der Waals surface area contributed by atoms with Crippen molar-refractivity contribution in [3.05, 3.63) is 27.3 Å². The number of nitrogens with two attached hydrogens (primary N) is 1. The van der Waals surface area contributed by atoms with Crippen molar-refractivity contribution in [3.8, 4) is 5.75 Å². The molecule has 0 heterocycles. The van der Waals surface area contributed by atoms with Crippen LogP contribution in [-0.2, 0) is 4.79 Å². The number of benzene rings is 1. The molecular weight excluding hydrogens is 367 g/mol. The molecule has 0 unspecified atom stereocenters. The van der Waals surface area contributed by atoms with Gasteiger partial charge in [0, 0.05) is 0 Å². The summed E-state index contributed by atoms with van der Waals surface area (Å²) >= 11 is 1.98. The second-order valence-corrected chi connectivity index (χ2v) is 4.62. The molecule has 0 atom stereocenters. The zero-order valence-electron chi connectivity index (χ0n) is 9.68. The number of halogens is 1. The first-order chi connectivity index (χ1) is 8.90.